The SMILES string of the molecule is COc1cc2c(cc1OC)CN(C(=O)[C@H](C)n1nc(-c3ccc(F)cc3)ccc1=O)CC2. The van der Waals surface area contributed by atoms with Gasteiger partial charge in [0.15, 0.2) is 11.5 Å². The Kier molecular flexibility index (Phi) is 5.94. The molecule has 166 valence electrons. The summed E-state index contributed by atoms with van der Waals surface area (Å²) in [6.07, 6.45) is 0.673. The standard InChI is InChI=1S/C24H24FN3O4/c1-15(28-23(29)9-8-20(26-28)16-4-6-19(25)7-5-16)24(30)27-11-10-17-12-21(31-2)22(32-3)13-18(17)14-27/h4-9,12-13,15H,10-11,14H2,1-3H3/t15-/m0/s1. The van der Waals surface area contributed by atoms with E-state index in [-0.39, 0.29) is 17.3 Å². The summed E-state index contributed by atoms with van der Waals surface area (Å²) >= 11 is 0. The average molecular weight is 437 g/mol. The highest BCUT2D eigenvalue weighted by Crippen LogP contribution is 2.33. The number of benzene rings is 2. The van der Waals surface area contributed by atoms with E-state index in [0.717, 1.165) is 11.1 Å². The van der Waals surface area contributed by atoms with Gasteiger partial charge in [-0.3, -0.25) is 9.59 Å². The van der Waals surface area contributed by atoms with Crippen LogP contribution < -0.4 is 15.0 Å². The normalized spacial score (nSPS) is 13.9. The fourth-order valence-electron chi connectivity index (χ4n) is 3.92. The van der Waals surface area contributed by atoms with Crippen molar-refractivity contribution in [2.45, 2.75) is 25.9 Å². The molecule has 3 aromatic rings. The molecule has 0 saturated carbocycles. The minimum Gasteiger partial charge on any atom is -0.493 e. The molecule has 2 aromatic carbocycles. The number of methoxy groups -OCH3 is 2. The Morgan fingerprint density at radius 1 is 1.03 bits per heavy atom. The maximum absolute atomic E-state index is 13.3. The Morgan fingerprint density at radius 2 is 1.69 bits per heavy atom. The number of carbonyl (C=O) groups is 1. The highest BCUT2D eigenvalue weighted by molar-refractivity contribution is 5.80. The number of amides is 1. The van der Waals surface area contributed by atoms with Crippen molar-refractivity contribution >= 4 is 5.91 Å². The molecule has 0 saturated heterocycles. The summed E-state index contributed by atoms with van der Waals surface area (Å²) in [6, 6.07) is 11.8. The Hall–Kier alpha value is -3.68. The summed E-state index contributed by atoms with van der Waals surface area (Å²) in [4.78, 5) is 27.4. The lowest BCUT2D eigenvalue weighted by atomic mass is 9.98. The number of rotatable bonds is 5. The molecule has 1 aliphatic heterocycles. The number of ether oxygens (including phenoxy) is 2. The van der Waals surface area contributed by atoms with Crippen LogP contribution in [-0.4, -0.2) is 41.4 Å². The predicted octanol–water partition coefficient (Wildman–Crippen LogP) is 3.21. The summed E-state index contributed by atoms with van der Waals surface area (Å²) in [6.45, 7) is 2.60. The molecule has 1 amide bonds. The zero-order valence-electron chi connectivity index (χ0n) is 18.2. The Labute approximate surface area is 185 Å². The third kappa shape index (κ3) is 4.08. The van der Waals surface area contributed by atoms with Crippen LogP contribution in [0.4, 0.5) is 4.39 Å². The number of fused-ring (bicyclic) bond motifs is 1. The van der Waals surface area contributed by atoms with E-state index < -0.39 is 6.04 Å². The molecular weight excluding hydrogens is 413 g/mol. The Bertz CT molecular complexity index is 1210. The molecule has 4 rings (SSSR count). The van der Waals surface area contributed by atoms with Gasteiger partial charge in [0, 0.05) is 24.7 Å². The quantitative estimate of drug-likeness (QED) is 0.613. The van der Waals surface area contributed by atoms with E-state index in [1.807, 2.05) is 12.1 Å². The molecule has 1 aromatic heterocycles. The molecule has 0 aliphatic carbocycles. The third-order valence-corrected chi connectivity index (χ3v) is 5.72. The topological polar surface area (TPSA) is 73.7 Å². The molecule has 0 fully saturated rings. The van der Waals surface area contributed by atoms with Gasteiger partial charge >= 0.3 is 0 Å². The van der Waals surface area contributed by atoms with E-state index >= 15 is 0 Å². The van der Waals surface area contributed by atoms with Crippen LogP contribution >= 0.6 is 0 Å². The van der Waals surface area contributed by atoms with Gasteiger partial charge in [0.25, 0.3) is 5.56 Å². The molecule has 1 aliphatic rings. The van der Waals surface area contributed by atoms with Gasteiger partial charge in [0.05, 0.1) is 19.9 Å². The minimum absolute atomic E-state index is 0.198. The Morgan fingerprint density at radius 3 is 2.34 bits per heavy atom. The summed E-state index contributed by atoms with van der Waals surface area (Å²) in [7, 11) is 3.17. The second-order valence-corrected chi connectivity index (χ2v) is 7.67. The molecule has 8 heteroatoms. The zero-order chi connectivity index (χ0) is 22.8. The Balaban J connectivity index is 1.59. The van der Waals surface area contributed by atoms with E-state index in [9.17, 15) is 14.0 Å². The zero-order valence-corrected chi connectivity index (χ0v) is 18.2. The van der Waals surface area contributed by atoms with Gasteiger partial charge in [-0.1, -0.05) is 0 Å². The van der Waals surface area contributed by atoms with Crippen LogP contribution in [0.2, 0.25) is 0 Å². The van der Waals surface area contributed by atoms with Crippen LogP contribution in [0.15, 0.2) is 53.3 Å². The molecule has 2 heterocycles. The molecule has 0 radical (unpaired) electrons. The van der Waals surface area contributed by atoms with Gasteiger partial charge in [0.2, 0.25) is 5.91 Å². The highest BCUT2D eigenvalue weighted by Gasteiger charge is 2.28. The molecule has 1 atom stereocenters. The fourth-order valence-corrected chi connectivity index (χ4v) is 3.92. The first kappa shape index (κ1) is 21.5. The van der Waals surface area contributed by atoms with E-state index in [4.69, 9.17) is 9.47 Å². The van der Waals surface area contributed by atoms with Crippen molar-refractivity contribution in [2.24, 2.45) is 0 Å². The highest BCUT2D eigenvalue weighted by atomic mass is 19.1. The smallest absolute Gasteiger partial charge is 0.267 e. The number of aromatic nitrogens is 2. The van der Waals surface area contributed by atoms with Crippen molar-refractivity contribution in [1.82, 2.24) is 14.7 Å². The molecule has 0 unspecified atom stereocenters. The lowest BCUT2D eigenvalue weighted by Crippen LogP contribution is -2.42. The van der Waals surface area contributed by atoms with Gasteiger partial charge in [-0.05, 0) is 66.9 Å². The van der Waals surface area contributed by atoms with Gasteiger partial charge in [-0.25, -0.2) is 9.07 Å². The maximum Gasteiger partial charge on any atom is 0.267 e. The van der Waals surface area contributed by atoms with Gasteiger partial charge in [-0.2, -0.15) is 5.10 Å². The van der Waals surface area contributed by atoms with Crippen LogP contribution in [0.3, 0.4) is 0 Å². The number of carbonyl (C=O) groups excluding carboxylic acids is 1. The van der Waals surface area contributed by atoms with E-state index in [0.29, 0.717) is 42.3 Å². The second-order valence-electron chi connectivity index (χ2n) is 7.67. The van der Waals surface area contributed by atoms with Crippen molar-refractivity contribution in [3.8, 4) is 22.8 Å². The van der Waals surface area contributed by atoms with Gasteiger partial charge in [0.1, 0.15) is 11.9 Å². The molecule has 32 heavy (non-hydrogen) atoms. The summed E-state index contributed by atoms with van der Waals surface area (Å²) < 4.78 is 25.2. The summed E-state index contributed by atoms with van der Waals surface area (Å²) in [5, 5.41) is 4.38. The van der Waals surface area contributed by atoms with E-state index in [2.05, 4.69) is 5.10 Å². The van der Waals surface area contributed by atoms with Gasteiger partial charge < -0.3 is 14.4 Å². The maximum atomic E-state index is 13.3. The van der Waals surface area contributed by atoms with Crippen LogP contribution in [0.25, 0.3) is 11.3 Å². The van der Waals surface area contributed by atoms with Crippen LogP contribution in [-0.2, 0) is 17.8 Å². The van der Waals surface area contributed by atoms with Crippen molar-refractivity contribution < 1.29 is 18.7 Å². The molecule has 7 nitrogen and oxygen atoms in total. The predicted molar refractivity (Wildman–Crippen MR) is 117 cm³/mol. The summed E-state index contributed by atoms with van der Waals surface area (Å²) in [5.74, 6) is 0.716. The first-order chi connectivity index (χ1) is 15.4. The first-order valence-electron chi connectivity index (χ1n) is 10.3. The largest absolute Gasteiger partial charge is 0.493 e. The minimum atomic E-state index is -0.787. The van der Waals surface area contributed by atoms with Crippen molar-refractivity contribution in [1.29, 1.82) is 0 Å². The lowest BCUT2D eigenvalue weighted by molar-refractivity contribution is -0.135. The number of hydrogen-bond donors (Lipinski definition) is 0. The van der Waals surface area contributed by atoms with E-state index in [1.165, 1.54) is 22.9 Å². The monoisotopic (exact) mass is 437 g/mol. The van der Waals surface area contributed by atoms with Gasteiger partial charge in [-0.15, -0.1) is 0 Å². The number of halogens is 1. The molecule has 0 spiro atoms. The first-order valence-corrected chi connectivity index (χ1v) is 10.3. The van der Waals surface area contributed by atoms with Crippen LogP contribution in [0.5, 0.6) is 11.5 Å². The van der Waals surface area contributed by atoms with Crippen LogP contribution in [0.1, 0.15) is 24.1 Å². The average Bonchev–Trinajstić information content (AvgIpc) is 2.82. The molecular formula is C24H24FN3O4. The lowest BCUT2D eigenvalue weighted by Gasteiger charge is -2.31. The van der Waals surface area contributed by atoms with Crippen molar-refractivity contribution in [2.75, 3.05) is 20.8 Å². The van der Waals surface area contributed by atoms with Crippen LogP contribution in [0, 0.1) is 5.82 Å². The molecule has 0 bridgehead atoms. The number of hydrogen-bond acceptors (Lipinski definition) is 5. The summed E-state index contributed by atoms with van der Waals surface area (Å²) in [5.41, 5.74) is 2.86. The van der Waals surface area contributed by atoms with Crippen molar-refractivity contribution in [3.63, 3.8) is 0 Å². The van der Waals surface area contributed by atoms with Crippen molar-refractivity contribution in [3.05, 3.63) is 75.8 Å². The number of nitrogens with zero attached hydrogens (tertiary/aromatic N) is 3. The third-order valence-electron chi connectivity index (χ3n) is 5.72. The fraction of sp³-hybridized carbons (Fsp3) is 0.292. The van der Waals surface area contributed by atoms with E-state index in [1.54, 1.807) is 44.2 Å². The second kappa shape index (κ2) is 8.82. The molecule has 0 N–H and O–H groups in total.